The predicted molar refractivity (Wildman–Crippen MR) is 103 cm³/mol. The van der Waals surface area contributed by atoms with E-state index in [1.54, 1.807) is 0 Å². The van der Waals surface area contributed by atoms with Gasteiger partial charge in [-0.25, -0.2) is 5.43 Å². The van der Waals surface area contributed by atoms with Crippen molar-refractivity contribution in [2.24, 2.45) is 10.5 Å². The van der Waals surface area contributed by atoms with Crippen molar-refractivity contribution in [3.05, 3.63) is 41.0 Å². The van der Waals surface area contributed by atoms with Crippen molar-refractivity contribution in [3.63, 3.8) is 0 Å². The highest BCUT2D eigenvalue weighted by Crippen LogP contribution is 2.33. The molecule has 25 heavy (non-hydrogen) atoms. The summed E-state index contributed by atoms with van der Waals surface area (Å²) >= 11 is 0. The molecule has 0 spiro atoms. The minimum Gasteiger partial charge on any atom is -0.483 e. The van der Waals surface area contributed by atoms with Crippen LogP contribution < -0.4 is 10.2 Å². The normalized spacial score (nSPS) is 18.2. The van der Waals surface area contributed by atoms with Crippen LogP contribution >= 0.6 is 0 Å². The number of hydrazone groups is 1. The molecule has 0 unspecified atom stereocenters. The van der Waals surface area contributed by atoms with Gasteiger partial charge in [-0.05, 0) is 61.3 Å². The number of hydrogen-bond acceptors (Lipinski definition) is 3. The fourth-order valence-electron chi connectivity index (χ4n) is 3.32. The van der Waals surface area contributed by atoms with Crippen LogP contribution in [0.3, 0.4) is 0 Å². The largest absolute Gasteiger partial charge is 0.483 e. The van der Waals surface area contributed by atoms with E-state index in [1.165, 1.54) is 5.57 Å². The zero-order chi connectivity index (χ0) is 18.6. The summed E-state index contributed by atoms with van der Waals surface area (Å²) in [6, 6.07) is 6.10. The van der Waals surface area contributed by atoms with Crippen LogP contribution in [-0.2, 0) is 4.79 Å². The molecule has 1 aliphatic rings. The number of aryl methyl sites for hydroxylation is 1. The third-order valence-corrected chi connectivity index (χ3v) is 4.30. The van der Waals surface area contributed by atoms with E-state index in [0.29, 0.717) is 5.92 Å². The zero-order valence-electron chi connectivity index (χ0n) is 16.3. The summed E-state index contributed by atoms with van der Waals surface area (Å²) in [4.78, 5) is 12.1. The predicted octanol–water partition coefficient (Wildman–Crippen LogP) is 4.74. The van der Waals surface area contributed by atoms with Crippen molar-refractivity contribution in [2.75, 3.05) is 6.61 Å². The van der Waals surface area contributed by atoms with Gasteiger partial charge in [-0.1, -0.05) is 45.4 Å². The molecule has 136 valence electrons. The molecule has 0 radical (unpaired) electrons. The minimum absolute atomic E-state index is 0.0357. The molecule has 4 heteroatoms. The second-order valence-electron chi connectivity index (χ2n) is 8.13. The molecule has 2 rings (SSSR count). The summed E-state index contributed by atoms with van der Waals surface area (Å²) < 4.78 is 5.75. The molecule has 0 aliphatic heterocycles. The van der Waals surface area contributed by atoms with E-state index in [-0.39, 0.29) is 17.9 Å². The van der Waals surface area contributed by atoms with Crippen molar-refractivity contribution in [3.8, 4) is 5.75 Å². The van der Waals surface area contributed by atoms with Crippen LogP contribution in [0.15, 0.2) is 34.9 Å². The van der Waals surface area contributed by atoms with Crippen LogP contribution in [0.5, 0.6) is 5.75 Å². The number of carbonyl (C=O) groups is 1. The average molecular weight is 342 g/mol. The van der Waals surface area contributed by atoms with Crippen molar-refractivity contribution in [1.82, 2.24) is 5.43 Å². The van der Waals surface area contributed by atoms with Crippen LogP contribution in [0.25, 0.3) is 0 Å². The van der Waals surface area contributed by atoms with Crippen LogP contribution in [0.1, 0.15) is 64.5 Å². The van der Waals surface area contributed by atoms with Crippen LogP contribution in [0.2, 0.25) is 0 Å². The van der Waals surface area contributed by atoms with E-state index in [0.717, 1.165) is 35.4 Å². The highest BCUT2D eigenvalue weighted by Gasteiger charge is 2.24. The summed E-state index contributed by atoms with van der Waals surface area (Å²) in [6.07, 6.45) is 3.99. The smallest absolute Gasteiger partial charge is 0.277 e. The van der Waals surface area contributed by atoms with Gasteiger partial charge in [0.2, 0.25) is 0 Å². The second-order valence-corrected chi connectivity index (χ2v) is 8.13. The molecule has 0 bridgehead atoms. The Labute approximate surface area is 151 Å². The molecule has 1 aromatic carbocycles. The molecule has 0 fully saturated rings. The van der Waals surface area contributed by atoms with Gasteiger partial charge >= 0.3 is 0 Å². The molecule has 1 N–H and O–H groups in total. The monoisotopic (exact) mass is 342 g/mol. The van der Waals surface area contributed by atoms with Gasteiger partial charge in [-0.15, -0.1) is 0 Å². The van der Waals surface area contributed by atoms with Gasteiger partial charge in [0.1, 0.15) is 5.75 Å². The minimum atomic E-state index is -0.238. The van der Waals surface area contributed by atoms with Gasteiger partial charge in [0.25, 0.3) is 5.91 Å². The maximum Gasteiger partial charge on any atom is 0.277 e. The Balaban J connectivity index is 1.97. The first-order valence-corrected chi connectivity index (χ1v) is 8.92. The first-order chi connectivity index (χ1) is 11.7. The van der Waals surface area contributed by atoms with Gasteiger partial charge in [0, 0.05) is 0 Å². The Bertz CT molecular complexity index is 700. The summed E-state index contributed by atoms with van der Waals surface area (Å²) in [5.41, 5.74) is 7.25. The fourth-order valence-corrected chi connectivity index (χ4v) is 3.32. The first-order valence-electron chi connectivity index (χ1n) is 8.92. The Morgan fingerprint density at radius 2 is 2.00 bits per heavy atom. The summed E-state index contributed by atoms with van der Waals surface area (Å²) in [6.45, 7) is 12.7. The molecule has 0 atom stereocenters. The molecule has 0 aromatic heterocycles. The molecule has 0 heterocycles. The van der Waals surface area contributed by atoms with Crippen LogP contribution in [0.4, 0.5) is 0 Å². The van der Waals surface area contributed by atoms with Gasteiger partial charge < -0.3 is 4.74 Å². The van der Waals surface area contributed by atoms with Crippen molar-refractivity contribution in [1.29, 1.82) is 0 Å². The summed E-state index contributed by atoms with van der Waals surface area (Å²) in [5, 5.41) is 4.28. The van der Waals surface area contributed by atoms with Gasteiger partial charge in [-0.2, -0.15) is 5.10 Å². The van der Waals surface area contributed by atoms with E-state index in [9.17, 15) is 4.79 Å². The Morgan fingerprint density at radius 1 is 1.28 bits per heavy atom. The molecular formula is C21H30N2O2. The molecule has 1 amide bonds. The van der Waals surface area contributed by atoms with Crippen molar-refractivity contribution >= 4 is 11.6 Å². The summed E-state index contributed by atoms with van der Waals surface area (Å²) in [7, 11) is 0. The number of hydrogen-bond donors (Lipinski definition) is 1. The van der Waals surface area contributed by atoms with E-state index < -0.39 is 0 Å². The third kappa shape index (κ3) is 5.73. The maximum absolute atomic E-state index is 12.1. The zero-order valence-corrected chi connectivity index (χ0v) is 16.3. The van der Waals surface area contributed by atoms with Crippen molar-refractivity contribution < 1.29 is 9.53 Å². The topological polar surface area (TPSA) is 50.7 Å². The number of rotatable bonds is 5. The summed E-state index contributed by atoms with van der Waals surface area (Å²) in [5.74, 6) is 0.877. The van der Waals surface area contributed by atoms with Gasteiger partial charge in [-0.3, -0.25) is 4.79 Å². The molecule has 0 saturated carbocycles. The Morgan fingerprint density at radius 3 is 2.64 bits per heavy atom. The number of nitrogens with one attached hydrogen (secondary N) is 1. The number of allylic oxidation sites excluding steroid dienone is 2. The molecule has 1 aromatic rings. The quantitative estimate of drug-likeness (QED) is 0.786. The SMILES string of the molecule is CC1=C/C(=N\NC(=O)COc2cc(C)ccc2C(C)C)CC(C)(C)C1. The lowest BCUT2D eigenvalue weighted by molar-refractivity contribution is -0.123. The Hall–Kier alpha value is -2.10. The maximum atomic E-state index is 12.1. The van der Waals surface area contributed by atoms with E-state index in [1.807, 2.05) is 13.0 Å². The lowest BCUT2D eigenvalue weighted by atomic mass is 9.77. The van der Waals surface area contributed by atoms with Crippen LogP contribution in [0, 0.1) is 12.3 Å². The average Bonchev–Trinajstić information content (AvgIpc) is 2.48. The Kier molecular flexibility index (Phi) is 6.04. The van der Waals surface area contributed by atoms with Crippen molar-refractivity contribution in [2.45, 2.75) is 60.3 Å². The molecule has 4 nitrogen and oxygen atoms in total. The molecule has 0 saturated heterocycles. The van der Waals surface area contributed by atoms with Gasteiger partial charge in [0.15, 0.2) is 6.61 Å². The molecule has 1 aliphatic carbocycles. The number of nitrogens with zero attached hydrogens (tertiary/aromatic N) is 1. The number of benzene rings is 1. The van der Waals surface area contributed by atoms with Crippen LogP contribution in [-0.4, -0.2) is 18.2 Å². The fraction of sp³-hybridized carbons (Fsp3) is 0.524. The number of ether oxygens (including phenoxy) is 1. The van der Waals surface area contributed by atoms with Gasteiger partial charge in [0.05, 0.1) is 5.71 Å². The standard InChI is InChI=1S/C21H30N2O2/c1-14(2)18-8-7-15(3)10-19(18)25-13-20(24)23-22-17-9-16(4)11-21(5,6)12-17/h7-10,14H,11-13H2,1-6H3,(H,23,24)/b22-17+. The lowest BCUT2D eigenvalue weighted by Gasteiger charge is -2.29. The van der Waals surface area contributed by atoms with E-state index >= 15 is 0 Å². The number of carbonyl (C=O) groups excluding carboxylic acids is 1. The lowest BCUT2D eigenvalue weighted by Crippen LogP contribution is -2.28. The molecular weight excluding hydrogens is 312 g/mol. The number of amides is 1. The third-order valence-electron chi connectivity index (χ3n) is 4.30. The van der Waals surface area contributed by atoms with E-state index in [2.05, 4.69) is 63.4 Å². The first kappa shape index (κ1) is 19.2. The second kappa shape index (κ2) is 7.85. The van der Waals surface area contributed by atoms with E-state index in [4.69, 9.17) is 4.74 Å². The highest BCUT2D eigenvalue weighted by molar-refractivity contribution is 5.97. The highest BCUT2D eigenvalue weighted by atomic mass is 16.5.